The van der Waals surface area contributed by atoms with Gasteiger partial charge in [0.1, 0.15) is 17.2 Å². The predicted molar refractivity (Wildman–Crippen MR) is 79.6 cm³/mol. The first-order valence-electron chi connectivity index (χ1n) is 6.75. The summed E-state index contributed by atoms with van der Waals surface area (Å²) >= 11 is 1.76. The zero-order chi connectivity index (χ0) is 13.7. The number of thiazole rings is 1. The van der Waals surface area contributed by atoms with Crippen LogP contribution in [0.1, 0.15) is 48.8 Å². The molecule has 0 fully saturated rings. The molecule has 0 aromatic carbocycles. The van der Waals surface area contributed by atoms with E-state index in [1.54, 1.807) is 17.7 Å². The van der Waals surface area contributed by atoms with Gasteiger partial charge in [-0.2, -0.15) is 0 Å². The molecule has 0 aliphatic rings. The average Bonchev–Trinajstić information content (AvgIpc) is 2.88. The number of anilines is 1. The van der Waals surface area contributed by atoms with Gasteiger partial charge in [0.25, 0.3) is 0 Å². The summed E-state index contributed by atoms with van der Waals surface area (Å²) in [7, 11) is 0. The number of aromatic nitrogens is 3. The zero-order valence-corrected chi connectivity index (χ0v) is 12.5. The summed E-state index contributed by atoms with van der Waals surface area (Å²) in [6.07, 6.45) is 6.71. The van der Waals surface area contributed by atoms with Crippen LogP contribution in [-0.4, -0.2) is 15.0 Å². The molecular weight excluding hydrogens is 256 g/mol. The molecule has 0 radical (unpaired) electrons. The van der Waals surface area contributed by atoms with E-state index in [0.717, 1.165) is 35.8 Å². The highest BCUT2D eigenvalue weighted by molar-refractivity contribution is 7.11. The van der Waals surface area contributed by atoms with Gasteiger partial charge in [0.15, 0.2) is 0 Å². The second-order valence-electron chi connectivity index (χ2n) is 4.53. The Kier molecular flexibility index (Phi) is 4.85. The van der Waals surface area contributed by atoms with Crippen molar-refractivity contribution in [3.8, 4) is 0 Å². The lowest BCUT2D eigenvalue weighted by Gasteiger charge is -2.12. The quantitative estimate of drug-likeness (QED) is 0.875. The molecule has 5 heteroatoms. The first-order chi connectivity index (χ1) is 9.22. The van der Waals surface area contributed by atoms with E-state index in [9.17, 15) is 0 Å². The van der Waals surface area contributed by atoms with Gasteiger partial charge in [-0.25, -0.2) is 15.0 Å². The third-order valence-corrected chi connectivity index (χ3v) is 4.21. The Morgan fingerprint density at radius 1 is 1.26 bits per heavy atom. The van der Waals surface area contributed by atoms with Gasteiger partial charge in [-0.1, -0.05) is 20.3 Å². The van der Waals surface area contributed by atoms with Gasteiger partial charge in [-0.3, -0.25) is 0 Å². The van der Waals surface area contributed by atoms with E-state index >= 15 is 0 Å². The Labute approximate surface area is 118 Å². The van der Waals surface area contributed by atoms with E-state index in [1.807, 2.05) is 12.3 Å². The number of nitrogens with zero attached hydrogens (tertiary/aromatic N) is 3. The minimum absolute atomic E-state index is 0.176. The van der Waals surface area contributed by atoms with Crippen LogP contribution in [0.4, 0.5) is 5.82 Å². The summed E-state index contributed by atoms with van der Waals surface area (Å²) in [4.78, 5) is 14.3. The third kappa shape index (κ3) is 3.73. The van der Waals surface area contributed by atoms with Gasteiger partial charge in [0.05, 0.1) is 6.04 Å². The molecule has 2 aromatic heterocycles. The van der Waals surface area contributed by atoms with Crippen molar-refractivity contribution in [2.24, 2.45) is 0 Å². The maximum atomic E-state index is 4.45. The molecule has 102 valence electrons. The number of nitrogens with one attached hydrogen (secondary N) is 1. The Bertz CT molecular complexity index is 524. The van der Waals surface area contributed by atoms with Gasteiger partial charge in [0, 0.05) is 22.8 Å². The maximum Gasteiger partial charge on any atom is 0.130 e. The number of hydrogen-bond donors (Lipinski definition) is 1. The van der Waals surface area contributed by atoms with Crippen LogP contribution in [0.5, 0.6) is 0 Å². The molecule has 1 atom stereocenters. The molecule has 19 heavy (non-hydrogen) atoms. The fourth-order valence-corrected chi connectivity index (χ4v) is 2.70. The highest BCUT2D eigenvalue weighted by Crippen LogP contribution is 2.23. The predicted octanol–water partition coefficient (Wildman–Crippen LogP) is 3.62. The monoisotopic (exact) mass is 276 g/mol. The number of rotatable bonds is 6. The van der Waals surface area contributed by atoms with Gasteiger partial charge in [0.2, 0.25) is 0 Å². The fourth-order valence-electron chi connectivity index (χ4n) is 1.84. The molecule has 2 aromatic rings. The highest BCUT2D eigenvalue weighted by Gasteiger charge is 2.10. The minimum atomic E-state index is 0.176. The molecule has 0 saturated heterocycles. The van der Waals surface area contributed by atoms with Crippen molar-refractivity contribution < 1.29 is 0 Å². The molecule has 2 rings (SSSR count). The molecule has 1 unspecified atom stereocenters. The Morgan fingerprint density at radius 3 is 2.79 bits per heavy atom. The summed E-state index contributed by atoms with van der Waals surface area (Å²) in [5.41, 5.74) is 1.08. The van der Waals surface area contributed by atoms with Crippen LogP contribution in [0.15, 0.2) is 18.6 Å². The SMILES string of the molecule is CCCc1cc(NC(C)c2ncc(CC)s2)ncn1. The van der Waals surface area contributed by atoms with Crippen molar-refractivity contribution in [3.63, 3.8) is 0 Å². The highest BCUT2D eigenvalue weighted by atomic mass is 32.1. The Hall–Kier alpha value is -1.49. The first-order valence-corrected chi connectivity index (χ1v) is 7.56. The van der Waals surface area contributed by atoms with Gasteiger partial charge in [-0.05, 0) is 19.8 Å². The van der Waals surface area contributed by atoms with Crippen LogP contribution in [0, 0.1) is 0 Å². The van der Waals surface area contributed by atoms with E-state index in [2.05, 4.69) is 41.0 Å². The largest absolute Gasteiger partial charge is 0.361 e. The number of hydrogen-bond acceptors (Lipinski definition) is 5. The maximum absolute atomic E-state index is 4.45. The molecule has 0 amide bonds. The molecule has 0 aliphatic carbocycles. The van der Waals surface area contributed by atoms with Crippen LogP contribution >= 0.6 is 11.3 Å². The topological polar surface area (TPSA) is 50.7 Å². The number of aryl methyl sites for hydroxylation is 2. The lowest BCUT2D eigenvalue weighted by atomic mass is 10.2. The normalized spacial score (nSPS) is 12.4. The summed E-state index contributed by atoms with van der Waals surface area (Å²) in [5.74, 6) is 0.874. The van der Waals surface area contributed by atoms with E-state index in [0.29, 0.717) is 0 Å². The standard InChI is InChI=1S/C14H20N4S/c1-4-6-11-7-13(17-9-16-11)18-10(3)14-15-8-12(5-2)19-14/h7-10H,4-6H2,1-3H3,(H,16,17,18). The van der Waals surface area contributed by atoms with Crippen LogP contribution in [-0.2, 0) is 12.8 Å². The third-order valence-electron chi connectivity index (χ3n) is 2.88. The average molecular weight is 276 g/mol. The second kappa shape index (κ2) is 6.61. The van der Waals surface area contributed by atoms with Gasteiger partial charge < -0.3 is 5.32 Å². The van der Waals surface area contributed by atoms with E-state index in [1.165, 1.54) is 4.88 Å². The molecule has 0 spiro atoms. The van der Waals surface area contributed by atoms with Crippen LogP contribution in [0.2, 0.25) is 0 Å². The van der Waals surface area contributed by atoms with E-state index in [4.69, 9.17) is 0 Å². The van der Waals surface area contributed by atoms with Gasteiger partial charge in [-0.15, -0.1) is 11.3 Å². The molecule has 4 nitrogen and oxygen atoms in total. The minimum Gasteiger partial charge on any atom is -0.361 e. The molecular formula is C14H20N4S. The van der Waals surface area contributed by atoms with Crippen molar-refractivity contribution in [3.05, 3.63) is 34.2 Å². The van der Waals surface area contributed by atoms with Crippen molar-refractivity contribution >= 4 is 17.2 Å². The summed E-state index contributed by atoms with van der Waals surface area (Å²) in [6.45, 7) is 6.41. The summed E-state index contributed by atoms with van der Waals surface area (Å²) in [5, 5.41) is 4.50. The molecule has 2 heterocycles. The smallest absolute Gasteiger partial charge is 0.130 e. The molecule has 1 N–H and O–H groups in total. The van der Waals surface area contributed by atoms with Crippen LogP contribution < -0.4 is 5.32 Å². The fraction of sp³-hybridized carbons (Fsp3) is 0.500. The zero-order valence-electron chi connectivity index (χ0n) is 11.7. The molecule has 0 saturated carbocycles. The molecule has 0 bridgehead atoms. The van der Waals surface area contributed by atoms with Crippen molar-refractivity contribution in [1.29, 1.82) is 0 Å². The molecule has 0 aliphatic heterocycles. The van der Waals surface area contributed by atoms with Crippen molar-refractivity contribution in [2.45, 2.75) is 46.1 Å². The Morgan fingerprint density at radius 2 is 2.11 bits per heavy atom. The first kappa shape index (κ1) is 13.9. The lowest BCUT2D eigenvalue weighted by molar-refractivity contribution is 0.842. The summed E-state index contributed by atoms with van der Waals surface area (Å²) in [6, 6.07) is 2.20. The lowest BCUT2D eigenvalue weighted by Crippen LogP contribution is -2.08. The van der Waals surface area contributed by atoms with Crippen LogP contribution in [0.3, 0.4) is 0 Å². The van der Waals surface area contributed by atoms with Crippen molar-refractivity contribution in [1.82, 2.24) is 15.0 Å². The summed E-state index contributed by atoms with van der Waals surface area (Å²) < 4.78 is 0. The van der Waals surface area contributed by atoms with E-state index < -0.39 is 0 Å². The van der Waals surface area contributed by atoms with E-state index in [-0.39, 0.29) is 6.04 Å². The van der Waals surface area contributed by atoms with Crippen molar-refractivity contribution in [2.75, 3.05) is 5.32 Å². The second-order valence-corrected chi connectivity index (χ2v) is 5.68. The Balaban J connectivity index is 2.05. The van der Waals surface area contributed by atoms with Gasteiger partial charge >= 0.3 is 0 Å². The van der Waals surface area contributed by atoms with Crippen LogP contribution in [0.25, 0.3) is 0 Å².